The Bertz CT molecular complexity index is 1130. The summed E-state index contributed by atoms with van der Waals surface area (Å²) in [5, 5.41) is -0.436. The number of aryl methyl sites for hydroxylation is 1. The van der Waals surface area contributed by atoms with E-state index in [2.05, 4.69) is 4.98 Å². The number of rotatable bonds is 1. The third-order valence-corrected chi connectivity index (χ3v) is 3.01. The molecule has 2 aromatic rings. The van der Waals surface area contributed by atoms with E-state index in [-0.39, 0.29) is 21.8 Å². The predicted molar refractivity (Wildman–Crippen MR) is 78.1 cm³/mol. The number of anilines is 1. The van der Waals surface area contributed by atoms with Gasteiger partial charge in [-0.15, -0.1) is 0 Å². The Hall–Kier alpha value is -2.50. The van der Waals surface area contributed by atoms with E-state index in [9.17, 15) is 14.4 Å². The summed E-state index contributed by atoms with van der Waals surface area (Å²) in [4.78, 5) is 41.6. The zero-order valence-electron chi connectivity index (χ0n) is 18.6. The average Bonchev–Trinajstić information content (AvgIpc) is 2.61. The third kappa shape index (κ3) is 2.12. The lowest BCUT2D eigenvalue weighted by Gasteiger charge is -2.24. The zero-order valence-corrected chi connectivity index (χ0v) is 10.6. The fraction of sp³-hybridized carbons (Fsp3) is 0.333. The summed E-state index contributed by atoms with van der Waals surface area (Å²) in [5.74, 6) is -3.66. The maximum atomic E-state index is 13.2. The summed E-state index contributed by atoms with van der Waals surface area (Å²) in [7, 11) is 0. The van der Waals surface area contributed by atoms with E-state index in [0.717, 1.165) is 0 Å². The molecular formula is C15H15N3O3. The van der Waals surface area contributed by atoms with E-state index in [4.69, 9.17) is 16.7 Å². The van der Waals surface area contributed by atoms with Crippen molar-refractivity contribution in [3.8, 4) is 0 Å². The molecule has 0 radical (unpaired) electrons. The monoisotopic (exact) mass is 293 g/mol. The fourth-order valence-corrected chi connectivity index (χ4v) is 2.06. The van der Waals surface area contributed by atoms with Gasteiger partial charge in [-0.2, -0.15) is 0 Å². The van der Waals surface area contributed by atoms with Crippen molar-refractivity contribution in [3.05, 3.63) is 34.4 Å². The average molecular weight is 293 g/mol. The smallest absolute Gasteiger partial charge is 0.264 e. The molecule has 6 heteroatoms. The van der Waals surface area contributed by atoms with E-state index in [1.807, 2.05) is 0 Å². The number of hydrogen-bond donors (Lipinski definition) is 1. The van der Waals surface area contributed by atoms with E-state index in [1.54, 1.807) is 0 Å². The Balaban J connectivity index is 2.55. The highest BCUT2D eigenvalue weighted by Crippen LogP contribution is 2.24. The van der Waals surface area contributed by atoms with Crippen molar-refractivity contribution in [2.75, 3.05) is 5.73 Å². The number of Topliss-reactive ketones (excluding diaryl/α,β-unsaturated/α-hetero) is 2. The molecule has 1 aliphatic carbocycles. The van der Waals surface area contributed by atoms with Crippen molar-refractivity contribution in [1.29, 1.82) is 0 Å². The molecule has 0 bridgehead atoms. The number of nitrogen functional groups attached to an aromatic ring is 1. The van der Waals surface area contributed by atoms with Crippen molar-refractivity contribution >= 4 is 28.2 Å². The molecule has 0 spiro atoms. The molecule has 108 valence electrons. The summed E-state index contributed by atoms with van der Waals surface area (Å²) in [6, 6.07) is -1.22. The van der Waals surface area contributed by atoms with Crippen LogP contribution in [-0.2, 0) is 9.59 Å². The molecule has 1 fully saturated rings. The Morgan fingerprint density at radius 3 is 3.14 bits per heavy atom. The second kappa shape index (κ2) is 4.80. The Kier molecular flexibility index (Phi) is 1.59. The lowest BCUT2D eigenvalue weighted by atomic mass is 9.92. The van der Waals surface area contributed by atoms with Crippen LogP contribution >= 0.6 is 0 Å². The van der Waals surface area contributed by atoms with Crippen LogP contribution in [0.15, 0.2) is 23.0 Å². The molecule has 0 saturated heterocycles. The standard InChI is InChI=1S/C15H15N3O3/c1-8-17-11-4-2-3-10(16)14(11)15(21)18(8)12-6-5-9(19)7-13(12)20/h2-4,12H,5-7,16H2,1H3/i1D2,4D,5D2,6D2,12D. The van der Waals surface area contributed by atoms with Crippen molar-refractivity contribution in [2.45, 2.75) is 32.1 Å². The fourth-order valence-electron chi connectivity index (χ4n) is 2.06. The number of nitrogens with zero attached hydrogens (tertiary/aromatic N) is 2. The number of fused-ring (bicyclic) bond motifs is 1. The van der Waals surface area contributed by atoms with Gasteiger partial charge in [-0.3, -0.25) is 19.0 Å². The Morgan fingerprint density at radius 2 is 2.38 bits per heavy atom. The Morgan fingerprint density at radius 1 is 1.57 bits per heavy atom. The number of ketones is 2. The van der Waals surface area contributed by atoms with Gasteiger partial charge in [0.1, 0.15) is 11.6 Å². The van der Waals surface area contributed by atoms with Gasteiger partial charge in [-0.25, -0.2) is 4.98 Å². The van der Waals surface area contributed by atoms with Gasteiger partial charge in [0.05, 0.1) is 26.1 Å². The first-order valence-electron chi connectivity index (χ1n) is 10.1. The van der Waals surface area contributed by atoms with Crippen molar-refractivity contribution < 1.29 is 20.6 Å². The zero-order chi connectivity index (χ0) is 22.1. The number of nitrogens with two attached hydrogens (primary N) is 1. The number of benzene rings is 1. The van der Waals surface area contributed by atoms with E-state index >= 15 is 0 Å². The maximum Gasteiger partial charge on any atom is 0.264 e. The van der Waals surface area contributed by atoms with Crippen LogP contribution in [-0.4, -0.2) is 21.1 Å². The van der Waals surface area contributed by atoms with Gasteiger partial charge in [-0.05, 0) is 25.4 Å². The summed E-state index contributed by atoms with van der Waals surface area (Å²) in [6.07, 6.45) is -8.01. The minimum atomic E-state index is -3.54. The van der Waals surface area contributed by atoms with Crippen LogP contribution in [0.2, 0.25) is 0 Å². The van der Waals surface area contributed by atoms with Crippen LogP contribution in [0.4, 0.5) is 5.69 Å². The van der Waals surface area contributed by atoms with Gasteiger partial charge in [0.25, 0.3) is 5.56 Å². The largest absolute Gasteiger partial charge is 0.398 e. The van der Waals surface area contributed by atoms with Crippen LogP contribution < -0.4 is 11.3 Å². The van der Waals surface area contributed by atoms with Gasteiger partial charge in [0, 0.05) is 20.3 Å². The quantitative estimate of drug-likeness (QED) is 0.628. The first-order valence-corrected chi connectivity index (χ1v) is 5.93. The molecule has 6 nitrogen and oxygen atoms in total. The topological polar surface area (TPSA) is 95.0 Å². The van der Waals surface area contributed by atoms with Crippen LogP contribution in [0.5, 0.6) is 0 Å². The molecule has 2 N–H and O–H groups in total. The maximum absolute atomic E-state index is 13.2. The summed E-state index contributed by atoms with van der Waals surface area (Å²) >= 11 is 0. The molecule has 1 atom stereocenters. The van der Waals surface area contributed by atoms with E-state index in [1.165, 1.54) is 12.1 Å². The van der Waals surface area contributed by atoms with Crippen molar-refractivity contribution in [2.24, 2.45) is 0 Å². The highest BCUT2D eigenvalue weighted by atomic mass is 16.2. The molecule has 21 heavy (non-hydrogen) atoms. The third-order valence-electron chi connectivity index (χ3n) is 3.01. The van der Waals surface area contributed by atoms with Crippen LogP contribution in [0.25, 0.3) is 10.9 Å². The van der Waals surface area contributed by atoms with Gasteiger partial charge in [0.15, 0.2) is 5.78 Å². The van der Waals surface area contributed by atoms with Crippen LogP contribution in [0.3, 0.4) is 0 Å². The normalized spacial score (nSPS) is 33.2. The molecule has 0 amide bonds. The first-order chi connectivity index (χ1) is 13.2. The molecule has 0 aliphatic heterocycles. The molecule has 1 aromatic heterocycles. The molecule has 1 unspecified atom stereocenters. The van der Waals surface area contributed by atoms with E-state index in [0.29, 0.717) is 0 Å². The van der Waals surface area contributed by atoms with E-state index < -0.39 is 60.4 Å². The Labute approximate surface area is 131 Å². The molecule has 3 rings (SSSR count). The van der Waals surface area contributed by atoms with Gasteiger partial charge >= 0.3 is 0 Å². The van der Waals surface area contributed by atoms with Crippen LogP contribution in [0.1, 0.15) is 42.0 Å². The SMILES string of the molecule is [2H]c1ccc(N)c2c(=O)n(C3([2H])C(=O)CC(=O)C([2H])([2H])C3([2H])[2H])c(C([2H])[2H])nc12. The molecular weight excluding hydrogens is 270 g/mol. The predicted octanol–water partition coefficient (Wildman–Crippen LogP) is 1.15. The minimum Gasteiger partial charge on any atom is -0.398 e. The molecule has 1 heterocycles. The number of carbonyl (C=O) groups is 2. The number of carbonyl (C=O) groups excluding carboxylic acids is 2. The second-order valence-electron chi connectivity index (χ2n) is 4.39. The number of aromatic nitrogens is 2. The van der Waals surface area contributed by atoms with Gasteiger partial charge in [0.2, 0.25) is 0 Å². The lowest BCUT2D eigenvalue weighted by molar-refractivity contribution is -0.132. The van der Waals surface area contributed by atoms with Crippen molar-refractivity contribution in [3.63, 3.8) is 0 Å². The number of hydrogen-bond acceptors (Lipinski definition) is 5. The highest BCUT2D eigenvalue weighted by Gasteiger charge is 2.30. The molecule has 1 aromatic carbocycles. The summed E-state index contributed by atoms with van der Waals surface area (Å²) in [6.45, 7) is -2.10. The molecule has 1 aliphatic rings. The van der Waals surface area contributed by atoms with Crippen LogP contribution in [0, 0.1) is 6.88 Å². The minimum absolute atomic E-state index is 0.127. The van der Waals surface area contributed by atoms with Gasteiger partial charge in [-0.1, -0.05) is 6.07 Å². The summed E-state index contributed by atoms with van der Waals surface area (Å²) < 4.78 is 63.7. The highest BCUT2D eigenvalue weighted by molar-refractivity contribution is 6.03. The molecule has 1 saturated carbocycles. The summed E-state index contributed by atoms with van der Waals surface area (Å²) in [5.41, 5.74) is 3.98. The second-order valence-corrected chi connectivity index (χ2v) is 4.39. The first kappa shape index (κ1) is 6.98. The van der Waals surface area contributed by atoms with Crippen molar-refractivity contribution in [1.82, 2.24) is 9.55 Å². The lowest BCUT2D eigenvalue weighted by Crippen LogP contribution is -2.36. The van der Waals surface area contributed by atoms with Gasteiger partial charge < -0.3 is 5.73 Å².